The topological polar surface area (TPSA) is 88.5 Å². The van der Waals surface area contributed by atoms with E-state index in [2.05, 4.69) is 5.32 Å². The first-order chi connectivity index (χ1) is 12.0. The molecule has 1 saturated carbocycles. The first-order valence-electron chi connectivity index (χ1n) is 8.74. The third kappa shape index (κ3) is 4.27. The van der Waals surface area contributed by atoms with E-state index in [0.717, 1.165) is 30.6 Å². The molecule has 3 atom stereocenters. The molecule has 0 aliphatic heterocycles. The number of nitrogens with one attached hydrogen (secondary N) is 1. The number of hydrogen-bond donors (Lipinski definition) is 2. The number of rotatable bonds is 7. The number of furan rings is 1. The lowest BCUT2D eigenvalue weighted by Crippen LogP contribution is -2.36. The molecule has 0 spiro atoms. The highest BCUT2D eigenvalue weighted by Crippen LogP contribution is 2.32. The van der Waals surface area contributed by atoms with E-state index in [4.69, 9.17) is 4.42 Å². The monoisotopic (exact) mass is 344 g/mol. The van der Waals surface area contributed by atoms with Crippen LogP contribution in [0.5, 0.6) is 0 Å². The van der Waals surface area contributed by atoms with E-state index in [1.54, 1.807) is 18.2 Å². The molecule has 0 radical (unpaired) electrons. The highest BCUT2D eigenvalue weighted by atomic mass is 16.6. The average Bonchev–Trinajstić information content (AvgIpc) is 3.22. The Labute approximate surface area is 147 Å². The first-order valence-corrected chi connectivity index (χ1v) is 8.74. The van der Waals surface area contributed by atoms with Gasteiger partial charge in [0.2, 0.25) is 0 Å². The van der Waals surface area contributed by atoms with E-state index in [1.165, 1.54) is 0 Å². The molecule has 6 nitrogen and oxygen atoms in total. The predicted molar refractivity (Wildman–Crippen MR) is 94.3 cm³/mol. The average molecular weight is 344 g/mol. The molecule has 0 saturated heterocycles. The summed E-state index contributed by atoms with van der Waals surface area (Å²) < 4.78 is 5.46. The summed E-state index contributed by atoms with van der Waals surface area (Å²) in [5.41, 5.74) is 0.979. The van der Waals surface area contributed by atoms with E-state index in [-0.39, 0.29) is 16.7 Å². The summed E-state index contributed by atoms with van der Waals surface area (Å²) in [5, 5.41) is 24.9. The van der Waals surface area contributed by atoms with Gasteiger partial charge in [-0.05, 0) is 44.2 Å². The number of para-hydroxylation sites is 1. The SMILES string of the molecule is Cc1ccc(C(O)CNC2CCCC2Cc2ccccc2[N+](=O)[O-])o1. The molecule has 1 aliphatic rings. The minimum Gasteiger partial charge on any atom is -0.464 e. The molecule has 1 aromatic carbocycles. The van der Waals surface area contributed by atoms with Crippen molar-refractivity contribution in [2.75, 3.05) is 6.54 Å². The van der Waals surface area contributed by atoms with Gasteiger partial charge >= 0.3 is 0 Å². The Kier molecular flexibility index (Phi) is 5.50. The van der Waals surface area contributed by atoms with Crippen LogP contribution in [0.15, 0.2) is 40.8 Å². The molecule has 3 rings (SSSR count). The molecule has 1 aliphatic carbocycles. The van der Waals surface area contributed by atoms with Crippen molar-refractivity contribution in [3.8, 4) is 0 Å². The maximum absolute atomic E-state index is 11.2. The van der Waals surface area contributed by atoms with E-state index in [0.29, 0.717) is 24.6 Å². The number of nitro benzene ring substituents is 1. The van der Waals surface area contributed by atoms with Crippen LogP contribution in [0.2, 0.25) is 0 Å². The highest BCUT2D eigenvalue weighted by Gasteiger charge is 2.29. The normalized spacial score (nSPS) is 21.4. The summed E-state index contributed by atoms with van der Waals surface area (Å²) in [6.45, 7) is 2.27. The van der Waals surface area contributed by atoms with Crippen LogP contribution in [0.25, 0.3) is 0 Å². The Bertz CT molecular complexity index is 728. The maximum atomic E-state index is 11.2. The second kappa shape index (κ2) is 7.80. The number of hydrogen-bond acceptors (Lipinski definition) is 5. The zero-order valence-electron chi connectivity index (χ0n) is 14.4. The molecular weight excluding hydrogens is 320 g/mol. The maximum Gasteiger partial charge on any atom is 0.272 e. The largest absolute Gasteiger partial charge is 0.464 e. The molecule has 6 heteroatoms. The second-order valence-corrected chi connectivity index (χ2v) is 6.76. The summed E-state index contributed by atoms with van der Waals surface area (Å²) in [5.74, 6) is 1.69. The number of nitro groups is 1. The van der Waals surface area contributed by atoms with Gasteiger partial charge in [0.05, 0.1) is 4.92 Å². The van der Waals surface area contributed by atoms with Crippen molar-refractivity contribution in [2.45, 2.75) is 44.8 Å². The molecule has 134 valence electrons. The third-order valence-corrected chi connectivity index (χ3v) is 4.99. The van der Waals surface area contributed by atoms with Crippen molar-refractivity contribution in [1.29, 1.82) is 0 Å². The van der Waals surface area contributed by atoms with Crippen LogP contribution in [-0.2, 0) is 6.42 Å². The van der Waals surface area contributed by atoms with Gasteiger partial charge in [-0.15, -0.1) is 0 Å². The van der Waals surface area contributed by atoms with Crippen LogP contribution in [0.1, 0.15) is 42.5 Å². The lowest BCUT2D eigenvalue weighted by atomic mass is 9.93. The van der Waals surface area contributed by atoms with E-state index >= 15 is 0 Å². The van der Waals surface area contributed by atoms with E-state index in [9.17, 15) is 15.2 Å². The fourth-order valence-corrected chi connectivity index (χ4v) is 3.69. The number of aliphatic hydroxyl groups is 1. The van der Waals surface area contributed by atoms with Gasteiger partial charge in [-0.3, -0.25) is 10.1 Å². The van der Waals surface area contributed by atoms with Gasteiger partial charge in [-0.1, -0.05) is 24.6 Å². The van der Waals surface area contributed by atoms with Crippen molar-refractivity contribution < 1.29 is 14.4 Å². The zero-order valence-corrected chi connectivity index (χ0v) is 14.4. The van der Waals surface area contributed by atoms with E-state index in [1.807, 2.05) is 25.1 Å². The van der Waals surface area contributed by atoms with Crippen molar-refractivity contribution >= 4 is 5.69 Å². The quantitative estimate of drug-likeness (QED) is 0.592. The van der Waals surface area contributed by atoms with Gasteiger partial charge in [0.25, 0.3) is 5.69 Å². The smallest absolute Gasteiger partial charge is 0.272 e. The summed E-state index contributed by atoms with van der Waals surface area (Å²) in [7, 11) is 0. The van der Waals surface area contributed by atoms with Crippen LogP contribution in [-0.4, -0.2) is 22.6 Å². The molecule has 2 aromatic rings. The van der Waals surface area contributed by atoms with Gasteiger partial charge < -0.3 is 14.8 Å². The molecule has 0 amide bonds. The molecule has 2 N–H and O–H groups in total. The number of benzene rings is 1. The Morgan fingerprint density at radius 1 is 1.32 bits per heavy atom. The van der Waals surface area contributed by atoms with Gasteiger partial charge in [0.15, 0.2) is 0 Å². The molecule has 1 aromatic heterocycles. The Hall–Kier alpha value is -2.18. The third-order valence-electron chi connectivity index (χ3n) is 4.99. The molecule has 3 unspecified atom stereocenters. The van der Waals surface area contributed by atoms with Gasteiger partial charge in [-0.2, -0.15) is 0 Å². The van der Waals surface area contributed by atoms with Gasteiger partial charge in [0.1, 0.15) is 17.6 Å². The molecule has 25 heavy (non-hydrogen) atoms. The van der Waals surface area contributed by atoms with Crippen molar-refractivity contribution in [1.82, 2.24) is 5.32 Å². The van der Waals surface area contributed by atoms with Crippen LogP contribution < -0.4 is 5.32 Å². The summed E-state index contributed by atoms with van der Waals surface area (Å²) >= 11 is 0. The van der Waals surface area contributed by atoms with Crippen molar-refractivity contribution in [3.05, 3.63) is 63.6 Å². The first kappa shape index (κ1) is 17.6. The fraction of sp³-hybridized carbons (Fsp3) is 0.474. The van der Waals surface area contributed by atoms with Crippen LogP contribution >= 0.6 is 0 Å². The Balaban J connectivity index is 1.60. The fourth-order valence-electron chi connectivity index (χ4n) is 3.69. The summed E-state index contributed by atoms with van der Waals surface area (Å²) in [4.78, 5) is 10.9. The second-order valence-electron chi connectivity index (χ2n) is 6.76. The Morgan fingerprint density at radius 3 is 2.84 bits per heavy atom. The molecule has 0 bridgehead atoms. The summed E-state index contributed by atoms with van der Waals surface area (Å²) in [6.07, 6.45) is 3.17. The minimum absolute atomic E-state index is 0.194. The van der Waals surface area contributed by atoms with Crippen LogP contribution in [0.3, 0.4) is 0 Å². The molecule has 1 fully saturated rings. The van der Waals surface area contributed by atoms with E-state index < -0.39 is 6.10 Å². The molecular formula is C19H24N2O4. The number of aryl methyl sites for hydroxylation is 1. The lowest BCUT2D eigenvalue weighted by Gasteiger charge is -2.22. The lowest BCUT2D eigenvalue weighted by molar-refractivity contribution is -0.385. The predicted octanol–water partition coefficient (Wildman–Crippen LogP) is 3.53. The van der Waals surface area contributed by atoms with Crippen molar-refractivity contribution in [2.24, 2.45) is 5.92 Å². The summed E-state index contributed by atoms with van der Waals surface area (Å²) in [6, 6.07) is 10.8. The Morgan fingerprint density at radius 2 is 2.12 bits per heavy atom. The zero-order chi connectivity index (χ0) is 17.8. The standard InChI is InChI=1S/C19H24N2O4/c1-13-9-10-19(25-13)18(22)12-20-16-7-4-6-14(16)11-15-5-2-3-8-17(15)21(23)24/h2-3,5,8-10,14,16,18,20,22H,4,6-7,11-12H2,1H3. The van der Waals surface area contributed by atoms with Gasteiger partial charge in [-0.25, -0.2) is 0 Å². The minimum atomic E-state index is -0.680. The number of nitrogens with zero attached hydrogens (tertiary/aromatic N) is 1. The van der Waals surface area contributed by atoms with Crippen LogP contribution in [0.4, 0.5) is 5.69 Å². The number of aliphatic hydroxyl groups excluding tert-OH is 1. The van der Waals surface area contributed by atoms with Crippen LogP contribution in [0, 0.1) is 23.0 Å². The molecule has 1 heterocycles. The highest BCUT2D eigenvalue weighted by molar-refractivity contribution is 5.40. The van der Waals surface area contributed by atoms with Crippen molar-refractivity contribution in [3.63, 3.8) is 0 Å². The van der Waals surface area contributed by atoms with Gasteiger partial charge in [0, 0.05) is 24.2 Å².